The summed E-state index contributed by atoms with van der Waals surface area (Å²) in [7, 11) is 1.71. The molecule has 4 rings (SSSR count). The quantitative estimate of drug-likeness (QED) is 0.598. The largest absolute Gasteiger partial charge is 0.395 e. The first-order valence-corrected chi connectivity index (χ1v) is 10.4. The van der Waals surface area contributed by atoms with Crippen LogP contribution < -0.4 is 15.8 Å². The zero-order chi connectivity index (χ0) is 22.5. The fourth-order valence-corrected chi connectivity index (χ4v) is 3.63. The maximum atomic E-state index is 12.6. The number of carbonyl (C=O) groups is 1. The Morgan fingerprint density at radius 3 is 2.69 bits per heavy atom. The van der Waals surface area contributed by atoms with Gasteiger partial charge >= 0.3 is 0 Å². The summed E-state index contributed by atoms with van der Waals surface area (Å²) >= 11 is 0. The Labute approximate surface area is 185 Å². The van der Waals surface area contributed by atoms with Crippen LogP contribution in [-0.4, -0.2) is 58.4 Å². The molecule has 0 radical (unpaired) electrons. The minimum Gasteiger partial charge on any atom is -0.395 e. The number of morpholine rings is 1. The third kappa shape index (κ3) is 4.68. The Balaban J connectivity index is 1.55. The molecule has 166 valence electrons. The Hall–Kier alpha value is -3.56. The molecular formula is C23H25N5O4. The molecule has 1 fully saturated rings. The van der Waals surface area contributed by atoms with E-state index in [9.17, 15) is 9.59 Å². The number of nitrogens with zero attached hydrogens (tertiary/aromatic N) is 4. The predicted molar refractivity (Wildman–Crippen MR) is 119 cm³/mol. The Bertz CT molecular complexity index is 1130. The fourth-order valence-electron chi connectivity index (χ4n) is 3.63. The number of benzene rings is 1. The summed E-state index contributed by atoms with van der Waals surface area (Å²) in [5.41, 5.74) is 2.75. The number of aliphatic hydroxyl groups is 1. The van der Waals surface area contributed by atoms with Crippen LogP contribution >= 0.6 is 0 Å². The van der Waals surface area contributed by atoms with E-state index in [1.807, 2.05) is 29.2 Å². The van der Waals surface area contributed by atoms with Crippen LogP contribution in [0.4, 0.5) is 5.95 Å². The number of anilines is 1. The van der Waals surface area contributed by atoms with Crippen molar-refractivity contribution in [3.63, 3.8) is 0 Å². The van der Waals surface area contributed by atoms with Crippen molar-refractivity contribution in [3.05, 3.63) is 76.3 Å². The maximum absolute atomic E-state index is 12.6. The van der Waals surface area contributed by atoms with E-state index in [-0.39, 0.29) is 30.7 Å². The minimum absolute atomic E-state index is 0.103. The van der Waals surface area contributed by atoms with E-state index in [1.165, 1.54) is 6.07 Å². The van der Waals surface area contributed by atoms with Crippen LogP contribution in [0.2, 0.25) is 0 Å². The average Bonchev–Trinajstić information content (AvgIpc) is 2.85. The van der Waals surface area contributed by atoms with Gasteiger partial charge in [-0.15, -0.1) is 0 Å². The van der Waals surface area contributed by atoms with Gasteiger partial charge in [0.15, 0.2) is 0 Å². The molecule has 1 amide bonds. The summed E-state index contributed by atoms with van der Waals surface area (Å²) in [4.78, 5) is 35.5. The van der Waals surface area contributed by atoms with Gasteiger partial charge in [-0.05, 0) is 29.8 Å². The lowest BCUT2D eigenvalue weighted by Crippen LogP contribution is -2.41. The number of ether oxygens (including phenoxy) is 1. The first-order chi connectivity index (χ1) is 15.6. The van der Waals surface area contributed by atoms with Crippen LogP contribution in [0.3, 0.4) is 0 Å². The van der Waals surface area contributed by atoms with Crippen molar-refractivity contribution in [2.24, 2.45) is 7.05 Å². The highest BCUT2D eigenvalue weighted by atomic mass is 16.5. The normalized spacial score (nSPS) is 16.1. The molecule has 1 aliphatic rings. The predicted octanol–water partition coefficient (Wildman–Crippen LogP) is 1.14. The lowest BCUT2D eigenvalue weighted by atomic mass is 10.1. The third-order valence-electron chi connectivity index (χ3n) is 5.38. The van der Waals surface area contributed by atoms with E-state index in [4.69, 9.17) is 14.8 Å². The highest BCUT2D eigenvalue weighted by Crippen LogP contribution is 2.26. The number of hydrogen-bond donors (Lipinski definition) is 2. The number of nitrogens with one attached hydrogen (secondary N) is 1. The van der Waals surface area contributed by atoms with Gasteiger partial charge in [0, 0.05) is 49.7 Å². The van der Waals surface area contributed by atoms with Crippen LogP contribution in [0, 0.1) is 0 Å². The van der Waals surface area contributed by atoms with Gasteiger partial charge in [-0.1, -0.05) is 12.1 Å². The summed E-state index contributed by atoms with van der Waals surface area (Å²) < 4.78 is 7.51. The molecule has 1 aliphatic heterocycles. The fraction of sp³-hybridized carbons (Fsp3) is 0.304. The van der Waals surface area contributed by atoms with Crippen LogP contribution in [-0.2, 0) is 11.8 Å². The molecule has 3 aromatic rings. The number of amides is 1. The monoisotopic (exact) mass is 435 g/mol. The van der Waals surface area contributed by atoms with Gasteiger partial charge < -0.3 is 20.1 Å². The van der Waals surface area contributed by atoms with Crippen molar-refractivity contribution in [2.45, 2.75) is 6.10 Å². The highest BCUT2D eigenvalue weighted by molar-refractivity contribution is 5.94. The van der Waals surface area contributed by atoms with Crippen molar-refractivity contribution >= 4 is 11.9 Å². The highest BCUT2D eigenvalue weighted by Gasteiger charge is 2.25. The standard InChI is InChI=1S/C23H25N5O4/c1-27-21(30)14-19(16-6-8-24-9-7-16)26-23(27)28-11-13-32-20(15-28)17-2-4-18(5-3-17)22(31)25-10-12-29/h2-9,14,20,29H,10-13,15H2,1H3,(H,25,31). The molecule has 0 spiro atoms. The summed E-state index contributed by atoms with van der Waals surface area (Å²) in [6.07, 6.45) is 3.12. The van der Waals surface area contributed by atoms with Crippen LogP contribution in [0.15, 0.2) is 59.7 Å². The molecule has 0 bridgehead atoms. The Morgan fingerprint density at radius 2 is 1.97 bits per heavy atom. The third-order valence-corrected chi connectivity index (χ3v) is 5.38. The number of aliphatic hydroxyl groups excluding tert-OH is 1. The van der Waals surface area contributed by atoms with E-state index >= 15 is 0 Å². The van der Waals surface area contributed by atoms with Crippen LogP contribution in [0.25, 0.3) is 11.3 Å². The molecule has 1 aromatic carbocycles. The molecule has 9 nitrogen and oxygen atoms in total. The lowest BCUT2D eigenvalue weighted by Gasteiger charge is -2.34. The van der Waals surface area contributed by atoms with E-state index in [1.54, 1.807) is 36.1 Å². The summed E-state index contributed by atoms with van der Waals surface area (Å²) in [5.74, 6) is 0.349. The number of hydrogen-bond acceptors (Lipinski definition) is 7. The molecule has 0 saturated carbocycles. The van der Waals surface area contributed by atoms with Crippen LogP contribution in [0.1, 0.15) is 22.0 Å². The molecule has 9 heteroatoms. The second-order valence-corrected chi connectivity index (χ2v) is 7.48. The Morgan fingerprint density at radius 1 is 1.22 bits per heavy atom. The second kappa shape index (κ2) is 9.71. The molecular weight excluding hydrogens is 410 g/mol. The molecule has 1 saturated heterocycles. The first kappa shape index (κ1) is 21.7. The maximum Gasteiger partial charge on any atom is 0.255 e. The van der Waals surface area contributed by atoms with Gasteiger partial charge in [0.05, 0.1) is 25.5 Å². The van der Waals surface area contributed by atoms with Gasteiger partial charge in [-0.2, -0.15) is 0 Å². The SMILES string of the molecule is Cn1c(N2CCOC(c3ccc(C(=O)NCCO)cc3)C2)nc(-c2ccncc2)cc1=O. The van der Waals surface area contributed by atoms with Gasteiger partial charge in [-0.3, -0.25) is 19.1 Å². The van der Waals surface area contributed by atoms with E-state index in [2.05, 4.69) is 10.3 Å². The van der Waals surface area contributed by atoms with E-state index in [0.29, 0.717) is 36.9 Å². The summed E-state index contributed by atoms with van der Waals surface area (Å²) in [6.45, 7) is 1.73. The summed E-state index contributed by atoms with van der Waals surface area (Å²) in [6, 6.07) is 12.4. The van der Waals surface area contributed by atoms with Gasteiger partial charge in [0.25, 0.3) is 11.5 Å². The first-order valence-electron chi connectivity index (χ1n) is 10.4. The zero-order valence-electron chi connectivity index (χ0n) is 17.8. The molecule has 3 heterocycles. The number of aromatic nitrogens is 3. The van der Waals surface area contributed by atoms with Crippen molar-refractivity contribution in [1.82, 2.24) is 19.9 Å². The molecule has 0 aliphatic carbocycles. The van der Waals surface area contributed by atoms with Crippen LogP contribution in [0.5, 0.6) is 0 Å². The molecule has 1 atom stereocenters. The van der Waals surface area contributed by atoms with Crippen molar-refractivity contribution in [1.29, 1.82) is 0 Å². The molecule has 2 N–H and O–H groups in total. The lowest BCUT2D eigenvalue weighted by molar-refractivity contribution is 0.0389. The molecule has 32 heavy (non-hydrogen) atoms. The number of pyridine rings is 1. The second-order valence-electron chi connectivity index (χ2n) is 7.48. The average molecular weight is 435 g/mol. The van der Waals surface area contributed by atoms with Gasteiger partial charge in [0.2, 0.25) is 5.95 Å². The van der Waals surface area contributed by atoms with E-state index in [0.717, 1.165) is 11.1 Å². The number of rotatable bonds is 6. The van der Waals surface area contributed by atoms with E-state index < -0.39 is 0 Å². The smallest absolute Gasteiger partial charge is 0.255 e. The van der Waals surface area contributed by atoms with Crippen molar-refractivity contribution < 1.29 is 14.6 Å². The summed E-state index contributed by atoms with van der Waals surface area (Å²) in [5, 5.41) is 11.5. The Kier molecular flexibility index (Phi) is 6.58. The van der Waals surface area contributed by atoms with Gasteiger partial charge in [0.1, 0.15) is 6.10 Å². The topological polar surface area (TPSA) is 110 Å². The zero-order valence-corrected chi connectivity index (χ0v) is 17.8. The molecule has 2 aromatic heterocycles. The number of carbonyl (C=O) groups excluding carboxylic acids is 1. The van der Waals surface area contributed by atoms with Crippen molar-refractivity contribution in [2.75, 3.05) is 37.7 Å². The van der Waals surface area contributed by atoms with Gasteiger partial charge in [-0.25, -0.2) is 4.98 Å². The minimum atomic E-state index is -0.232. The van der Waals surface area contributed by atoms with Crippen molar-refractivity contribution in [3.8, 4) is 11.3 Å². The molecule has 1 unspecified atom stereocenters.